The molecule has 0 aromatic heterocycles. The molecule has 3 heteroatoms. The van der Waals surface area contributed by atoms with Gasteiger partial charge in [-0.05, 0) is 39.7 Å². The third kappa shape index (κ3) is 3.72. The van der Waals surface area contributed by atoms with Crippen molar-refractivity contribution in [3.63, 3.8) is 0 Å². The zero-order valence-corrected chi connectivity index (χ0v) is 11.6. The van der Waals surface area contributed by atoms with Gasteiger partial charge in [-0.15, -0.1) is 0 Å². The maximum atomic E-state index is 5.88. The Morgan fingerprint density at radius 1 is 1.28 bits per heavy atom. The van der Waals surface area contributed by atoms with E-state index in [2.05, 4.69) is 58.0 Å². The van der Waals surface area contributed by atoms with Gasteiger partial charge in [0, 0.05) is 6.10 Å². The second kappa shape index (κ2) is 5.29. The number of hydrogen-bond acceptors (Lipinski definition) is 2. The van der Waals surface area contributed by atoms with Gasteiger partial charge >= 0.3 is 7.12 Å². The van der Waals surface area contributed by atoms with Crippen molar-refractivity contribution in [3.05, 3.63) is 41.4 Å². The summed E-state index contributed by atoms with van der Waals surface area (Å²) in [6.45, 7) is 8.40. The van der Waals surface area contributed by atoms with E-state index in [0.29, 0.717) is 0 Å². The minimum absolute atomic E-state index is 0.111. The zero-order valence-electron chi connectivity index (χ0n) is 11.6. The van der Waals surface area contributed by atoms with Gasteiger partial charge in [-0.25, -0.2) is 0 Å². The molecule has 1 heterocycles. The fourth-order valence-corrected chi connectivity index (χ4v) is 2.31. The molecule has 0 N–H and O–H groups in total. The Hall–Kier alpha value is -1.06. The van der Waals surface area contributed by atoms with Gasteiger partial charge in [0.25, 0.3) is 0 Å². The fourth-order valence-electron chi connectivity index (χ4n) is 2.31. The van der Waals surface area contributed by atoms with Crippen molar-refractivity contribution < 1.29 is 9.31 Å². The summed E-state index contributed by atoms with van der Waals surface area (Å²) in [5, 5.41) is 0. The fraction of sp³-hybridized carbons (Fsp3) is 0.467. The van der Waals surface area contributed by atoms with Crippen molar-refractivity contribution in [2.24, 2.45) is 0 Å². The monoisotopic (exact) mass is 244 g/mol. The Labute approximate surface area is 110 Å². The van der Waals surface area contributed by atoms with Crippen molar-refractivity contribution in [2.45, 2.75) is 45.8 Å². The Balaban J connectivity index is 2.02. The first kappa shape index (κ1) is 13.4. The van der Waals surface area contributed by atoms with Gasteiger partial charge in [0.2, 0.25) is 0 Å². The zero-order chi connectivity index (χ0) is 13.2. The van der Waals surface area contributed by atoms with Crippen LogP contribution < -0.4 is 0 Å². The molecular formula is C15H21BO2. The highest BCUT2D eigenvalue weighted by Crippen LogP contribution is 2.26. The second-order valence-electron chi connectivity index (χ2n) is 5.67. The highest BCUT2D eigenvalue weighted by molar-refractivity contribution is 6.52. The smallest absolute Gasteiger partial charge is 0.405 e. The van der Waals surface area contributed by atoms with E-state index in [9.17, 15) is 0 Å². The van der Waals surface area contributed by atoms with Gasteiger partial charge in [-0.2, -0.15) is 0 Å². The molecule has 2 nitrogen and oxygen atoms in total. The van der Waals surface area contributed by atoms with E-state index in [1.807, 2.05) is 5.98 Å². The second-order valence-corrected chi connectivity index (χ2v) is 5.67. The maximum Gasteiger partial charge on any atom is 0.486 e. The van der Waals surface area contributed by atoms with E-state index in [4.69, 9.17) is 9.31 Å². The van der Waals surface area contributed by atoms with Crippen LogP contribution in [0.25, 0.3) is 6.08 Å². The first-order chi connectivity index (χ1) is 8.44. The Morgan fingerprint density at radius 3 is 2.56 bits per heavy atom. The quantitative estimate of drug-likeness (QED) is 0.739. The largest absolute Gasteiger partial charge is 0.486 e. The number of benzene rings is 1. The van der Waals surface area contributed by atoms with Crippen molar-refractivity contribution in [1.29, 1.82) is 0 Å². The van der Waals surface area contributed by atoms with E-state index < -0.39 is 0 Å². The summed E-state index contributed by atoms with van der Waals surface area (Å²) in [7, 11) is -0.245. The molecule has 0 aliphatic carbocycles. The molecule has 0 radical (unpaired) electrons. The highest BCUT2D eigenvalue weighted by Gasteiger charge is 2.35. The van der Waals surface area contributed by atoms with Crippen molar-refractivity contribution in [2.75, 3.05) is 0 Å². The van der Waals surface area contributed by atoms with E-state index in [1.54, 1.807) is 0 Å². The summed E-state index contributed by atoms with van der Waals surface area (Å²) >= 11 is 0. The summed E-state index contributed by atoms with van der Waals surface area (Å²) in [5.41, 5.74) is 2.33. The minimum atomic E-state index is -0.245. The number of aryl methyl sites for hydroxylation is 1. The molecule has 1 saturated heterocycles. The van der Waals surface area contributed by atoms with E-state index in [1.165, 1.54) is 11.1 Å². The van der Waals surface area contributed by atoms with E-state index >= 15 is 0 Å². The lowest BCUT2D eigenvalue weighted by atomic mass is 9.82. The van der Waals surface area contributed by atoms with Crippen LogP contribution in [0.4, 0.5) is 0 Å². The Bertz CT molecular complexity index is 423. The molecule has 1 atom stereocenters. The third-order valence-electron chi connectivity index (χ3n) is 3.10. The van der Waals surface area contributed by atoms with Gasteiger partial charge < -0.3 is 9.31 Å². The van der Waals surface area contributed by atoms with Crippen LogP contribution in [0, 0.1) is 6.92 Å². The van der Waals surface area contributed by atoms with Gasteiger partial charge in [-0.1, -0.05) is 41.9 Å². The molecule has 0 bridgehead atoms. The minimum Gasteiger partial charge on any atom is -0.405 e. The molecule has 0 spiro atoms. The summed E-state index contributed by atoms with van der Waals surface area (Å²) in [5.74, 6) is 1.99. The first-order valence-electron chi connectivity index (χ1n) is 6.53. The normalized spacial score (nSPS) is 23.6. The average Bonchev–Trinajstić information content (AvgIpc) is 2.25. The van der Waals surface area contributed by atoms with Gasteiger partial charge in [0.15, 0.2) is 0 Å². The van der Waals surface area contributed by atoms with Crippen LogP contribution in [-0.4, -0.2) is 18.8 Å². The standard InChI is InChI=1S/C15H21BO2/c1-12-5-7-14(8-6-12)9-10-16-17-13(2)11-15(3,4)18-16/h5-10,13H,11H2,1-4H3/b10-9+. The van der Waals surface area contributed by atoms with Gasteiger partial charge in [0.1, 0.15) is 0 Å². The van der Waals surface area contributed by atoms with Crippen LogP contribution in [0.15, 0.2) is 30.2 Å². The molecule has 1 fully saturated rings. The average molecular weight is 244 g/mol. The molecular weight excluding hydrogens is 223 g/mol. The summed E-state index contributed by atoms with van der Waals surface area (Å²) in [6.07, 6.45) is 3.22. The van der Waals surface area contributed by atoms with Gasteiger partial charge in [0.05, 0.1) is 5.60 Å². The SMILES string of the molecule is Cc1ccc(/C=C/B2OC(C)CC(C)(C)O2)cc1. The van der Waals surface area contributed by atoms with E-state index in [0.717, 1.165) is 6.42 Å². The predicted molar refractivity (Wildman–Crippen MR) is 76.3 cm³/mol. The van der Waals surface area contributed by atoms with Crippen LogP contribution in [0.1, 0.15) is 38.3 Å². The van der Waals surface area contributed by atoms with Crippen molar-refractivity contribution >= 4 is 13.2 Å². The molecule has 1 aromatic rings. The number of rotatable bonds is 2. The van der Waals surface area contributed by atoms with Gasteiger partial charge in [-0.3, -0.25) is 0 Å². The molecule has 1 aromatic carbocycles. The number of hydrogen-bond donors (Lipinski definition) is 0. The summed E-state index contributed by atoms with van der Waals surface area (Å²) < 4.78 is 11.6. The maximum absolute atomic E-state index is 5.88. The molecule has 96 valence electrons. The summed E-state index contributed by atoms with van der Waals surface area (Å²) in [6, 6.07) is 8.41. The Morgan fingerprint density at radius 2 is 1.94 bits per heavy atom. The predicted octanol–water partition coefficient (Wildman–Crippen LogP) is 3.64. The highest BCUT2D eigenvalue weighted by atomic mass is 16.6. The lowest BCUT2D eigenvalue weighted by Gasteiger charge is -2.37. The molecule has 0 amide bonds. The molecule has 1 unspecified atom stereocenters. The van der Waals surface area contributed by atoms with Crippen molar-refractivity contribution in [3.8, 4) is 0 Å². The Kier molecular flexibility index (Phi) is 3.93. The van der Waals surface area contributed by atoms with Crippen LogP contribution in [0.2, 0.25) is 0 Å². The lowest BCUT2D eigenvalue weighted by molar-refractivity contribution is -0.0235. The molecule has 18 heavy (non-hydrogen) atoms. The molecule has 1 aliphatic heterocycles. The van der Waals surface area contributed by atoms with E-state index in [-0.39, 0.29) is 18.8 Å². The first-order valence-corrected chi connectivity index (χ1v) is 6.53. The van der Waals surface area contributed by atoms with Crippen LogP contribution in [0.5, 0.6) is 0 Å². The topological polar surface area (TPSA) is 18.5 Å². The van der Waals surface area contributed by atoms with Crippen LogP contribution in [-0.2, 0) is 9.31 Å². The third-order valence-corrected chi connectivity index (χ3v) is 3.10. The molecule has 2 rings (SSSR count). The van der Waals surface area contributed by atoms with Crippen LogP contribution >= 0.6 is 0 Å². The molecule has 1 aliphatic rings. The van der Waals surface area contributed by atoms with Crippen molar-refractivity contribution in [1.82, 2.24) is 0 Å². The lowest BCUT2D eigenvalue weighted by Crippen LogP contribution is -2.45. The molecule has 0 saturated carbocycles. The summed E-state index contributed by atoms with van der Waals surface area (Å²) in [4.78, 5) is 0. The van der Waals surface area contributed by atoms with Crippen LogP contribution in [0.3, 0.4) is 0 Å².